The van der Waals surface area contributed by atoms with Crippen LogP contribution in [-0.4, -0.2) is 38.6 Å². The van der Waals surface area contributed by atoms with Crippen molar-refractivity contribution in [2.75, 3.05) is 13.1 Å². The standard InChI is InChI=1S/C14H20N4S/c1-11(17-8-3-2-4-9-17)10-18-13-12(16-14(18)19)6-5-7-15-13/h5-7,11H,2-4,8-10H2,1H3,(H,16,19). The Labute approximate surface area is 118 Å². The lowest BCUT2D eigenvalue weighted by Gasteiger charge is -2.32. The molecule has 2 aromatic rings. The number of imidazole rings is 1. The molecular weight excluding hydrogens is 256 g/mol. The smallest absolute Gasteiger partial charge is 0.179 e. The van der Waals surface area contributed by atoms with E-state index in [2.05, 4.69) is 26.4 Å². The SMILES string of the molecule is CC(Cn1c(=S)[nH]c2cccnc21)N1CCCCC1. The van der Waals surface area contributed by atoms with Crippen molar-refractivity contribution < 1.29 is 0 Å². The summed E-state index contributed by atoms with van der Waals surface area (Å²) >= 11 is 5.42. The molecule has 1 saturated heterocycles. The van der Waals surface area contributed by atoms with E-state index in [-0.39, 0.29) is 0 Å². The fourth-order valence-electron chi connectivity index (χ4n) is 2.90. The van der Waals surface area contributed by atoms with Crippen LogP contribution in [0.15, 0.2) is 18.3 Å². The lowest BCUT2D eigenvalue weighted by Crippen LogP contribution is -2.39. The Kier molecular flexibility index (Phi) is 3.66. The Morgan fingerprint density at radius 2 is 2.16 bits per heavy atom. The third-order valence-corrected chi connectivity index (χ3v) is 4.31. The van der Waals surface area contributed by atoms with Crippen molar-refractivity contribution in [3.8, 4) is 0 Å². The van der Waals surface area contributed by atoms with Gasteiger partial charge in [0.1, 0.15) is 0 Å². The van der Waals surface area contributed by atoms with Gasteiger partial charge < -0.3 is 4.98 Å². The number of nitrogens with one attached hydrogen (secondary N) is 1. The Morgan fingerprint density at radius 1 is 1.37 bits per heavy atom. The largest absolute Gasteiger partial charge is 0.329 e. The quantitative estimate of drug-likeness (QED) is 0.876. The summed E-state index contributed by atoms with van der Waals surface area (Å²) in [5, 5.41) is 0. The topological polar surface area (TPSA) is 36.9 Å². The molecule has 1 aliphatic rings. The molecule has 0 bridgehead atoms. The van der Waals surface area contributed by atoms with E-state index in [0.29, 0.717) is 6.04 Å². The molecule has 5 heteroatoms. The van der Waals surface area contributed by atoms with Gasteiger partial charge in [-0.3, -0.25) is 9.47 Å². The minimum Gasteiger partial charge on any atom is -0.329 e. The van der Waals surface area contributed by atoms with Gasteiger partial charge >= 0.3 is 0 Å². The minimum absolute atomic E-state index is 0.507. The molecular formula is C14H20N4S. The van der Waals surface area contributed by atoms with Gasteiger partial charge in [-0.1, -0.05) is 6.42 Å². The van der Waals surface area contributed by atoms with Crippen molar-refractivity contribution in [3.05, 3.63) is 23.1 Å². The lowest BCUT2D eigenvalue weighted by atomic mass is 10.1. The van der Waals surface area contributed by atoms with Gasteiger partial charge in [-0.15, -0.1) is 0 Å². The lowest BCUT2D eigenvalue weighted by molar-refractivity contribution is 0.160. The maximum absolute atomic E-state index is 5.42. The molecule has 0 aliphatic carbocycles. The number of hydrogen-bond donors (Lipinski definition) is 1. The molecule has 2 aromatic heterocycles. The van der Waals surface area contributed by atoms with Crippen LogP contribution in [0.2, 0.25) is 0 Å². The van der Waals surface area contributed by atoms with Crippen LogP contribution in [0.3, 0.4) is 0 Å². The van der Waals surface area contributed by atoms with Gasteiger partial charge in [0.2, 0.25) is 0 Å². The van der Waals surface area contributed by atoms with Crippen molar-refractivity contribution in [1.82, 2.24) is 19.4 Å². The van der Waals surface area contributed by atoms with Crippen molar-refractivity contribution in [2.45, 2.75) is 38.8 Å². The number of fused-ring (bicyclic) bond motifs is 1. The molecule has 102 valence electrons. The number of aromatic amines is 1. The maximum Gasteiger partial charge on any atom is 0.179 e. The monoisotopic (exact) mass is 276 g/mol. The molecule has 1 fully saturated rings. The Bertz CT molecular complexity index is 609. The summed E-state index contributed by atoms with van der Waals surface area (Å²) in [6.07, 6.45) is 5.84. The van der Waals surface area contributed by atoms with E-state index < -0.39 is 0 Å². The number of piperidine rings is 1. The third kappa shape index (κ3) is 2.58. The molecule has 0 saturated carbocycles. The average Bonchev–Trinajstić information content (AvgIpc) is 2.76. The average molecular weight is 276 g/mol. The fraction of sp³-hybridized carbons (Fsp3) is 0.571. The second kappa shape index (κ2) is 5.43. The maximum atomic E-state index is 5.42. The van der Waals surface area contributed by atoms with Crippen LogP contribution >= 0.6 is 12.2 Å². The Hall–Kier alpha value is -1.20. The molecule has 3 heterocycles. The normalized spacial score (nSPS) is 18.8. The molecule has 19 heavy (non-hydrogen) atoms. The first-order valence-corrected chi connectivity index (χ1v) is 7.44. The molecule has 0 spiro atoms. The molecule has 1 unspecified atom stereocenters. The summed E-state index contributed by atoms with van der Waals surface area (Å²) in [4.78, 5) is 10.2. The fourth-order valence-corrected chi connectivity index (χ4v) is 3.17. The van der Waals surface area contributed by atoms with E-state index in [0.717, 1.165) is 22.5 Å². The minimum atomic E-state index is 0.507. The van der Waals surface area contributed by atoms with E-state index in [9.17, 15) is 0 Å². The van der Waals surface area contributed by atoms with Crippen LogP contribution in [0.1, 0.15) is 26.2 Å². The number of pyridine rings is 1. The van der Waals surface area contributed by atoms with Gasteiger partial charge in [0.05, 0.1) is 5.52 Å². The second-order valence-corrected chi connectivity index (χ2v) is 5.75. The van der Waals surface area contributed by atoms with Gasteiger partial charge in [0, 0.05) is 18.8 Å². The van der Waals surface area contributed by atoms with Crippen LogP contribution < -0.4 is 0 Å². The van der Waals surface area contributed by atoms with Gasteiger partial charge in [-0.2, -0.15) is 0 Å². The highest BCUT2D eigenvalue weighted by Gasteiger charge is 2.18. The molecule has 1 N–H and O–H groups in total. The van der Waals surface area contributed by atoms with E-state index >= 15 is 0 Å². The predicted octanol–water partition coefficient (Wildman–Crippen LogP) is 2.97. The van der Waals surface area contributed by atoms with Crippen LogP contribution in [0.5, 0.6) is 0 Å². The molecule has 0 aromatic carbocycles. The first-order valence-electron chi connectivity index (χ1n) is 7.03. The van der Waals surface area contributed by atoms with Crippen molar-refractivity contribution in [3.63, 3.8) is 0 Å². The van der Waals surface area contributed by atoms with E-state index in [4.69, 9.17) is 12.2 Å². The van der Waals surface area contributed by atoms with Crippen molar-refractivity contribution >= 4 is 23.4 Å². The van der Waals surface area contributed by atoms with Gasteiger partial charge in [0.25, 0.3) is 0 Å². The van der Waals surface area contributed by atoms with Crippen LogP contribution in [0, 0.1) is 4.77 Å². The first-order chi connectivity index (χ1) is 9.25. The molecule has 0 amide bonds. The summed E-state index contributed by atoms with van der Waals surface area (Å²) < 4.78 is 2.90. The summed E-state index contributed by atoms with van der Waals surface area (Å²) in [6.45, 7) is 5.62. The van der Waals surface area contributed by atoms with E-state index in [1.165, 1.54) is 32.4 Å². The third-order valence-electron chi connectivity index (χ3n) is 3.99. The van der Waals surface area contributed by atoms with Crippen LogP contribution in [0.4, 0.5) is 0 Å². The molecule has 1 atom stereocenters. The molecule has 3 rings (SSSR count). The number of rotatable bonds is 3. The van der Waals surface area contributed by atoms with E-state index in [1.807, 2.05) is 18.3 Å². The van der Waals surface area contributed by atoms with E-state index in [1.54, 1.807) is 0 Å². The summed E-state index contributed by atoms with van der Waals surface area (Å²) in [5.41, 5.74) is 2.00. The Balaban J connectivity index is 1.84. The molecule has 4 nitrogen and oxygen atoms in total. The molecule has 1 aliphatic heterocycles. The van der Waals surface area contributed by atoms with Crippen LogP contribution in [-0.2, 0) is 6.54 Å². The zero-order valence-electron chi connectivity index (χ0n) is 11.3. The summed E-state index contributed by atoms with van der Waals surface area (Å²) in [6, 6.07) is 4.47. The highest BCUT2D eigenvalue weighted by atomic mass is 32.1. The summed E-state index contributed by atoms with van der Waals surface area (Å²) in [5.74, 6) is 0. The van der Waals surface area contributed by atoms with Gasteiger partial charge in [0.15, 0.2) is 10.4 Å². The van der Waals surface area contributed by atoms with Crippen molar-refractivity contribution in [2.24, 2.45) is 0 Å². The zero-order chi connectivity index (χ0) is 13.2. The van der Waals surface area contributed by atoms with Gasteiger partial charge in [-0.05, 0) is 57.2 Å². The highest BCUT2D eigenvalue weighted by Crippen LogP contribution is 2.16. The number of nitrogens with zero attached hydrogens (tertiary/aromatic N) is 3. The summed E-state index contributed by atoms with van der Waals surface area (Å²) in [7, 11) is 0. The highest BCUT2D eigenvalue weighted by molar-refractivity contribution is 7.71. The number of aromatic nitrogens is 3. The van der Waals surface area contributed by atoms with Gasteiger partial charge in [-0.25, -0.2) is 4.98 Å². The first kappa shape index (κ1) is 12.8. The van der Waals surface area contributed by atoms with Crippen LogP contribution in [0.25, 0.3) is 11.2 Å². The molecule has 0 radical (unpaired) electrons. The Morgan fingerprint density at radius 3 is 2.95 bits per heavy atom. The number of H-pyrrole nitrogens is 1. The van der Waals surface area contributed by atoms with Crippen molar-refractivity contribution in [1.29, 1.82) is 0 Å². The second-order valence-electron chi connectivity index (χ2n) is 5.36. The predicted molar refractivity (Wildman–Crippen MR) is 79.8 cm³/mol. The number of hydrogen-bond acceptors (Lipinski definition) is 3. The zero-order valence-corrected chi connectivity index (χ0v) is 12.1. The number of likely N-dealkylation sites (tertiary alicyclic amines) is 1.